The molecule has 0 aliphatic carbocycles. The average molecular weight is 301 g/mol. The van der Waals surface area contributed by atoms with Gasteiger partial charge in [-0.2, -0.15) is 0 Å². The van der Waals surface area contributed by atoms with E-state index in [1.165, 1.54) is 6.92 Å². The molecule has 4 heteroatoms. The van der Waals surface area contributed by atoms with Crippen LogP contribution in [0.3, 0.4) is 0 Å². The summed E-state index contributed by atoms with van der Waals surface area (Å²) in [7, 11) is 0. The first-order valence-corrected chi connectivity index (χ1v) is 2.49. The molecular formula is C2H8InO2Sb. The number of hydrogen-bond acceptors (Lipinski definition) is 2. The average Bonchev–Trinajstić information content (AvgIpc) is 1.38. The molecule has 0 heterocycles. The summed E-state index contributed by atoms with van der Waals surface area (Å²) >= 11 is 0.577. The van der Waals surface area contributed by atoms with E-state index in [-0.39, 0.29) is 31.8 Å². The summed E-state index contributed by atoms with van der Waals surface area (Å²) in [5.41, 5.74) is 0. The number of carbonyl (C=O) groups excluding carboxylic acids is 1. The third-order valence-corrected chi connectivity index (χ3v) is 1.11. The van der Waals surface area contributed by atoms with E-state index in [1.54, 1.807) is 0 Å². The Morgan fingerprint density at radius 2 is 2.00 bits per heavy atom. The molecule has 0 unspecified atom stereocenters. The van der Waals surface area contributed by atoms with Crippen LogP contribution in [0.25, 0.3) is 0 Å². The SMILES string of the molecule is CC(=O)[O][SbH2].[InH3]. The van der Waals surface area contributed by atoms with E-state index < -0.39 is 0 Å². The molecule has 0 N–H and O–H groups in total. The van der Waals surface area contributed by atoms with Gasteiger partial charge in [-0.3, -0.25) is 0 Å². The predicted molar refractivity (Wildman–Crippen MR) is 30.2 cm³/mol. The van der Waals surface area contributed by atoms with E-state index in [1.807, 2.05) is 0 Å². The van der Waals surface area contributed by atoms with Crippen molar-refractivity contribution in [1.82, 2.24) is 0 Å². The summed E-state index contributed by atoms with van der Waals surface area (Å²) in [5, 5.41) is 0. The van der Waals surface area contributed by atoms with Crippen LogP contribution >= 0.6 is 0 Å². The maximum absolute atomic E-state index is 9.62. The van der Waals surface area contributed by atoms with Gasteiger partial charge in [0.2, 0.25) is 0 Å². The molecule has 0 aliphatic rings. The predicted octanol–water partition coefficient (Wildman–Crippen LogP) is -2.09. The summed E-state index contributed by atoms with van der Waals surface area (Å²) in [6.45, 7) is 1.39. The van der Waals surface area contributed by atoms with Crippen molar-refractivity contribution in [2.75, 3.05) is 0 Å². The zero-order valence-corrected chi connectivity index (χ0v) is 6.19. The fourth-order valence-corrected chi connectivity index (χ4v) is 0. The summed E-state index contributed by atoms with van der Waals surface area (Å²) < 4.78 is 4.24. The van der Waals surface area contributed by atoms with Crippen LogP contribution in [0, 0.1) is 0 Å². The molecule has 0 aliphatic heterocycles. The van der Waals surface area contributed by atoms with E-state index in [2.05, 4.69) is 3.02 Å². The maximum atomic E-state index is 9.62. The molecule has 2 nitrogen and oxygen atoms in total. The molecule has 36 valence electrons. The molecule has 0 amide bonds. The molecule has 0 rings (SSSR count). The van der Waals surface area contributed by atoms with Gasteiger partial charge in [0.25, 0.3) is 0 Å². The Labute approximate surface area is 69.5 Å². The van der Waals surface area contributed by atoms with Gasteiger partial charge in [0.1, 0.15) is 0 Å². The van der Waals surface area contributed by atoms with Gasteiger partial charge in [-0.25, -0.2) is 0 Å². The standard InChI is InChI=1S/C2H4O2.In.Sb.5H/c1-2(3)4;;;;;;;/h1H3,(H,3,4);;;;;;;/q;;+1;;;;;/p-1. The van der Waals surface area contributed by atoms with E-state index in [4.69, 9.17) is 0 Å². The minimum absolute atomic E-state index is 0. The van der Waals surface area contributed by atoms with Gasteiger partial charge in [-0.15, -0.1) is 0 Å². The normalized spacial score (nSPS) is 5.67. The Morgan fingerprint density at radius 1 is 1.83 bits per heavy atom. The summed E-state index contributed by atoms with van der Waals surface area (Å²) in [6, 6.07) is 0. The van der Waals surface area contributed by atoms with E-state index >= 15 is 0 Å². The molecule has 0 saturated heterocycles. The van der Waals surface area contributed by atoms with Crippen molar-refractivity contribution >= 4 is 55.3 Å². The second-order valence-corrected chi connectivity index (χ2v) is 1.28. The van der Waals surface area contributed by atoms with Crippen molar-refractivity contribution in [2.24, 2.45) is 0 Å². The molecule has 0 fully saturated rings. The molecule has 6 heavy (non-hydrogen) atoms. The van der Waals surface area contributed by atoms with E-state index in [9.17, 15) is 4.79 Å². The van der Waals surface area contributed by atoms with Crippen LogP contribution in [0.4, 0.5) is 0 Å². The first-order chi connectivity index (χ1) is 2.27. The molecule has 0 saturated carbocycles. The molecule has 0 bridgehead atoms. The van der Waals surface area contributed by atoms with Gasteiger partial charge < -0.3 is 0 Å². The van der Waals surface area contributed by atoms with Crippen LogP contribution in [0.1, 0.15) is 6.92 Å². The van der Waals surface area contributed by atoms with Crippen molar-refractivity contribution in [2.45, 2.75) is 6.92 Å². The third kappa shape index (κ3) is 8.94. The van der Waals surface area contributed by atoms with Crippen molar-refractivity contribution in [3.8, 4) is 0 Å². The molecule has 0 aromatic carbocycles. The van der Waals surface area contributed by atoms with Crippen LogP contribution in [0.5, 0.6) is 0 Å². The number of carbonyl (C=O) groups is 1. The van der Waals surface area contributed by atoms with Gasteiger partial charge in [0.05, 0.1) is 0 Å². The number of hydrogen-bond donors (Lipinski definition) is 0. The van der Waals surface area contributed by atoms with Crippen LogP contribution in [-0.2, 0) is 7.81 Å². The first kappa shape index (κ1) is 10.2. The minimum atomic E-state index is -0.188. The van der Waals surface area contributed by atoms with E-state index in [0.717, 1.165) is 0 Å². The zero-order chi connectivity index (χ0) is 4.28. The Bertz CT molecular complexity index is 46.8. The van der Waals surface area contributed by atoms with Crippen molar-refractivity contribution < 1.29 is 7.81 Å². The Balaban J connectivity index is 0. The molecule has 0 atom stereocenters. The van der Waals surface area contributed by atoms with Crippen LogP contribution < -0.4 is 0 Å². The van der Waals surface area contributed by atoms with Crippen molar-refractivity contribution in [1.29, 1.82) is 0 Å². The van der Waals surface area contributed by atoms with Gasteiger partial charge in [0.15, 0.2) is 0 Å². The molecular weight excluding hydrogens is 293 g/mol. The van der Waals surface area contributed by atoms with Crippen LogP contribution in [-0.4, -0.2) is 55.3 Å². The zero-order valence-electron chi connectivity index (χ0n) is 2.89. The first-order valence-electron chi connectivity index (χ1n) is 1.14. The van der Waals surface area contributed by atoms with Gasteiger partial charge in [-0.05, 0) is 0 Å². The summed E-state index contributed by atoms with van der Waals surface area (Å²) in [4.78, 5) is 9.62. The Kier molecular flexibility index (Phi) is 10.5. The van der Waals surface area contributed by atoms with Gasteiger partial charge in [0, 0.05) is 0 Å². The molecule has 0 aromatic heterocycles. The quantitative estimate of drug-likeness (QED) is 0.480. The van der Waals surface area contributed by atoms with Gasteiger partial charge in [-0.1, -0.05) is 0 Å². The second-order valence-electron chi connectivity index (χ2n) is 0.609. The Morgan fingerprint density at radius 3 is 2.00 bits per heavy atom. The van der Waals surface area contributed by atoms with Crippen LogP contribution in [0.2, 0.25) is 0 Å². The second kappa shape index (κ2) is 6.16. The fourth-order valence-electron chi connectivity index (χ4n) is 0. The Hall–Kier alpha value is 1.16. The molecule has 0 spiro atoms. The third-order valence-electron chi connectivity index (χ3n) is 0.166. The van der Waals surface area contributed by atoms with Crippen molar-refractivity contribution in [3.63, 3.8) is 0 Å². The van der Waals surface area contributed by atoms with E-state index in [0.29, 0.717) is 23.4 Å². The van der Waals surface area contributed by atoms with Crippen molar-refractivity contribution in [3.05, 3.63) is 0 Å². The van der Waals surface area contributed by atoms with Gasteiger partial charge >= 0.3 is 70.0 Å². The summed E-state index contributed by atoms with van der Waals surface area (Å²) in [6.07, 6.45) is 0. The number of rotatable bonds is 0. The topological polar surface area (TPSA) is 26.3 Å². The fraction of sp³-hybridized carbons (Fsp3) is 0.500. The summed E-state index contributed by atoms with van der Waals surface area (Å²) in [5.74, 6) is -0.188. The van der Waals surface area contributed by atoms with Crippen LogP contribution in [0.15, 0.2) is 0 Å². The molecule has 0 radical (unpaired) electrons. The molecule has 0 aromatic rings. The monoisotopic (exact) mass is 300 g/mol.